The molecule has 1 spiro atoms. The standard InChI is InChI=1S/C33H35F2N7O/c1-43-25-7-15-41(21-25)24-4-5-28(27(35)19-24)42-31(22-2-3-23(20-36)26(34)18-22)39-30-29(6-12-38-32(30)42)40-16-10-33(11-17-40)8-13-37-14-9-33/h2-6,12,18-19,25,37H,7-11,13-17,21H2,1H3/t25-/m0/s1. The number of anilines is 2. The SMILES string of the molecule is CO[C@H]1CCN(c2ccc(-n3c(-c4ccc(C#N)c(F)c4)nc4c(N5CCC6(CCNCC6)CC5)ccnc43)c(F)c2)C1. The van der Waals surface area contributed by atoms with Crippen molar-refractivity contribution in [1.29, 1.82) is 5.26 Å². The van der Waals surface area contributed by atoms with Gasteiger partial charge in [-0.05, 0) is 93.1 Å². The number of methoxy groups -OCH3 is 1. The smallest absolute Gasteiger partial charge is 0.167 e. The van der Waals surface area contributed by atoms with Gasteiger partial charge in [-0.1, -0.05) is 0 Å². The predicted octanol–water partition coefficient (Wildman–Crippen LogP) is 5.43. The van der Waals surface area contributed by atoms with Crippen molar-refractivity contribution in [2.75, 3.05) is 56.2 Å². The van der Waals surface area contributed by atoms with Gasteiger partial charge >= 0.3 is 0 Å². The van der Waals surface area contributed by atoms with Crippen LogP contribution < -0.4 is 15.1 Å². The molecular formula is C33H35F2N7O. The van der Waals surface area contributed by atoms with Gasteiger partial charge in [0.25, 0.3) is 0 Å². The fourth-order valence-corrected chi connectivity index (χ4v) is 7.09. The first-order chi connectivity index (χ1) is 21.0. The molecule has 8 nitrogen and oxygen atoms in total. The number of ether oxygens (including phenoxy) is 1. The first-order valence-corrected chi connectivity index (χ1v) is 15.1. The first-order valence-electron chi connectivity index (χ1n) is 15.1. The number of imidazole rings is 1. The molecule has 2 aromatic carbocycles. The van der Waals surface area contributed by atoms with Crippen LogP contribution in [-0.2, 0) is 4.74 Å². The molecule has 222 valence electrons. The van der Waals surface area contributed by atoms with E-state index in [0.717, 1.165) is 63.4 Å². The van der Waals surface area contributed by atoms with E-state index in [0.29, 0.717) is 34.5 Å². The molecule has 3 saturated heterocycles. The zero-order valence-electron chi connectivity index (χ0n) is 24.3. The Morgan fingerprint density at radius 2 is 1.77 bits per heavy atom. The quantitative estimate of drug-likeness (QED) is 0.336. The number of pyridine rings is 1. The molecule has 43 heavy (non-hydrogen) atoms. The average Bonchev–Trinajstić information content (AvgIpc) is 3.67. The van der Waals surface area contributed by atoms with Gasteiger partial charge in [-0.25, -0.2) is 18.7 Å². The zero-order chi connectivity index (χ0) is 29.6. The summed E-state index contributed by atoms with van der Waals surface area (Å²) in [5, 5.41) is 12.8. The minimum absolute atomic E-state index is 0.0547. The molecule has 0 aliphatic carbocycles. The molecule has 0 saturated carbocycles. The second-order valence-electron chi connectivity index (χ2n) is 12.0. The Morgan fingerprint density at radius 3 is 2.47 bits per heavy atom. The number of nitrogens with zero attached hydrogens (tertiary/aromatic N) is 6. The van der Waals surface area contributed by atoms with E-state index in [1.807, 2.05) is 18.2 Å². The highest BCUT2D eigenvalue weighted by Crippen LogP contribution is 2.42. The fourth-order valence-electron chi connectivity index (χ4n) is 7.09. The van der Waals surface area contributed by atoms with Crippen LogP contribution in [-0.4, -0.2) is 67.0 Å². The summed E-state index contributed by atoms with van der Waals surface area (Å²) in [6.07, 6.45) is 7.40. The number of hydrogen-bond acceptors (Lipinski definition) is 7. The maximum Gasteiger partial charge on any atom is 0.167 e. The number of nitrogens with one attached hydrogen (secondary N) is 1. The topological polar surface area (TPSA) is 82.2 Å². The van der Waals surface area contributed by atoms with Gasteiger partial charge in [0, 0.05) is 50.7 Å². The second-order valence-corrected chi connectivity index (χ2v) is 12.0. The maximum absolute atomic E-state index is 16.1. The number of piperidine rings is 2. The third-order valence-electron chi connectivity index (χ3n) is 9.72. The minimum atomic E-state index is -0.646. The summed E-state index contributed by atoms with van der Waals surface area (Å²) in [6, 6.07) is 13.4. The second kappa shape index (κ2) is 11.2. The molecular weight excluding hydrogens is 548 g/mol. The summed E-state index contributed by atoms with van der Waals surface area (Å²) in [5.74, 6) is -0.698. The monoisotopic (exact) mass is 583 g/mol. The number of fused-ring (bicyclic) bond motifs is 1. The highest BCUT2D eigenvalue weighted by Gasteiger charge is 2.36. The van der Waals surface area contributed by atoms with E-state index < -0.39 is 11.6 Å². The van der Waals surface area contributed by atoms with Crippen LogP contribution in [0.25, 0.3) is 28.2 Å². The summed E-state index contributed by atoms with van der Waals surface area (Å²) in [7, 11) is 1.70. The van der Waals surface area contributed by atoms with Crippen molar-refractivity contribution in [3.05, 3.63) is 65.9 Å². The van der Waals surface area contributed by atoms with Crippen LogP contribution in [0.1, 0.15) is 37.7 Å². The normalized spacial score (nSPS) is 20.2. The van der Waals surface area contributed by atoms with Gasteiger partial charge in [-0.15, -0.1) is 0 Å². The van der Waals surface area contributed by atoms with E-state index in [4.69, 9.17) is 9.72 Å². The number of rotatable bonds is 5. The van der Waals surface area contributed by atoms with E-state index in [9.17, 15) is 9.65 Å². The number of benzene rings is 2. The third-order valence-corrected chi connectivity index (χ3v) is 9.72. The van der Waals surface area contributed by atoms with E-state index in [-0.39, 0.29) is 17.4 Å². The Labute approximate surface area is 249 Å². The summed E-state index contributed by atoms with van der Waals surface area (Å²) in [4.78, 5) is 14.2. The molecule has 4 aromatic rings. The van der Waals surface area contributed by atoms with Gasteiger partial charge in [0.2, 0.25) is 0 Å². The summed E-state index contributed by atoms with van der Waals surface area (Å²) < 4.78 is 38.1. The van der Waals surface area contributed by atoms with Crippen LogP contribution in [0.4, 0.5) is 20.2 Å². The van der Waals surface area contributed by atoms with Crippen LogP contribution in [0, 0.1) is 28.4 Å². The molecule has 3 aliphatic rings. The summed E-state index contributed by atoms with van der Waals surface area (Å²) in [6.45, 7) is 5.46. The highest BCUT2D eigenvalue weighted by molar-refractivity contribution is 5.90. The molecule has 0 amide bonds. The Bertz CT molecular complexity index is 1700. The summed E-state index contributed by atoms with van der Waals surface area (Å²) >= 11 is 0. The largest absolute Gasteiger partial charge is 0.380 e. The molecule has 5 heterocycles. The molecule has 0 unspecified atom stereocenters. The van der Waals surface area contributed by atoms with E-state index in [1.165, 1.54) is 31.0 Å². The third kappa shape index (κ3) is 5.00. The van der Waals surface area contributed by atoms with Gasteiger partial charge in [-0.3, -0.25) is 4.57 Å². The van der Waals surface area contributed by atoms with Crippen molar-refractivity contribution in [2.45, 2.75) is 38.2 Å². The number of aromatic nitrogens is 3. The molecule has 1 atom stereocenters. The Kier molecular flexibility index (Phi) is 7.23. The summed E-state index contributed by atoms with van der Waals surface area (Å²) in [5.41, 5.74) is 3.95. The molecule has 0 radical (unpaired) electrons. The van der Waals surface area contributed by atoms with E-state index in [1.54, 1.807) is 30.0 Å². The lowest BCUT2D eigenvalue weighted by Crippen LogP contribution is -2.45. The van der Waals surface area contributed by atoms with Crippen LogP contribution >= 0.6 is 0 Å². The van der Waals surface area contributed by atoms with Crippen molar-refractivity contribution in [1.82, 2.24) is 19.9 Å². The Balaban J connectivity index is 1.32. The van der Waals surface area contributed by atoms with Crippen molar-refractivity contribution in [2.24, 2.45) is 5.41 Å². The van der Waals surface area contributed by atoms with Gasteiger partial charge in [0.05, 0.1) is 23.0 Å². The van der Waals surface area contributed by atoms with Crippen LogP contribution in [0.15, 0.2) is 48.7 Å². The molecule has 3 fully saturated rings. The maximum atomic E-state index is 16.1. The van der Waals surface area contributed by atoms with Crippen molar-refractivity contribution in [3.8, 4) is 23.1 Å². The van der Waals surface area contributed by atoms with Crippen molar-refractivity contribution < 1.29 is 13.5 Å². The number of hydrogen-bond donors (Lipinski definition) is 1. The Hall–Kier alpha value is -4.07. The fraction of sp³-hybridized carbons (Fsp3) is 0.424. The lowest BCUT2D eigenvalue weighted by molar-refractivity contribution is 0.121. The highest BCUT2D eigenvalue weighted by atomic mass is 19.1. The molecule has 1 N–H and O–H groups in total. The molecule has 2 aromatic heterocycles. The molecule has 3 aliphatic heterocycles. The lowest BCUT2D eigenvalue weighted by atomic mass is 9.71. The van der Waals surface area contributed by atoms with Crippen LogP contribution in [0.3, 0.4) is 0 Å². The minimum Gasteiger partial charge on any atom is -0.380 e. The van der Waals surface area contributed by atoms with Gasteiger partial charge in [0.15, 0.2) is 5.65 Å². The molecule has 10 heteroatoms. The van der Waals surface area contributed by atoms with Crippen molar-refractivity contribution in [3.63, 3.8) is 0 Å². The molecule has 0 bridgehead atoms. The number of halogens is 2. The van der Waals surface area contributed by atoms with E-state index in [2.05, 4.69) is 20.1 Å². The average molecular weight is 584 g/mol. The molecule has 7 rings (SSSR count). The van der Waals surface area contributed by atoms with Gasteiger partial charge in [-0.2, -0.15) is 5.26 Å². The first kappa shape index (κ1) is 27.7. The van der Waals surface area contributed by atoms with Crippen LogP contribution in [0.2, 0.25) is 0 Å². The van der Waals surface area contributed by atoms with Crippen molar-refractivity contribution >= 4 is 22.5 Å². The number of nitriles is 1. The van der Waals surface area contributed by atoms with Gasteiger partial charge < -0.3 is 19.9 Å². The van der Waals surface area contributed by atoms with Gasteiger partial charge in [0.1, 0.15) is 29.0 Å². The Morgan fingerprint density at radius 1 is 0.953 bits per heavy atom. The zero-order valence-corrected chi connectivity index (χ0v) is 24.3. The predicted molar refractivity (Wildman–Crippen MR) is 163 cm³/mol. The lowest BCUT2D eigenvalue weighted by Gasteiger charge is -2.45. The van der Waals surface area contributed by atoms with Crippen LogP contribution in [0.5, 0.6) is 0 Å². The van der Waals surface area contributed by atoms with E-state index >= 15 is 4.39 Å².